The SMILES string of the molecule is CCCC[C@H](NC(=O)OCC1c2ccccc2-c2ccccc21)C(=O)Nc1cnn(CC(=O)O)c1. The van der Waals surface area contributed by atoms with E-state index < -0.39 is 24.0 Å². The van der Waals surface area contributed by atoms with Crippen LogP contribution in [0.2, 0.25) is 0 Å². The van der Waals surface area contributed by atoms with Crippen molar-refractivity contribution < 1.29 is 24.2 Å². The van der Waals surface area contributed by atoms with Gasteiger partial charge in [-0.3, -0.25) is 14.3 Å². The van der Waals surface area contributed by atoms with E-state index in [2.05, 4.69) is 27.9 Å². The fourth-order valence-electron chi connectivity index (χ4n) is 4.34. The minimum atomic E-state index is -1.04. The van der Waals surface area contributed by atoms with Crippen LogP contribution in [0.15, 0.2) is 60.9 Å². The number of nitrogens with one attached hydrogen (secondary N) is 2. The zero-order valence-corrected chi connectivity index (χ0v) is 19.4. The number of carbonyl (C=O) groups excluding carboxylic acids is 2. The summed E-state index contributed by atoms with van der Waals surface area (Å²) in [6.07, 6.45) is 4.16. The summed E-state index contributed by atoms with van der Waals surface area (Å²) in [6, 6.07) is 15.4. The van der Waals surface area contributed by atoms with E-state index in [1.165, 1.54) is 17.1 Å². The number of ether oxygens (including phenoxy) is 1. The van der Waals surface area contributed by atoms with E-state index in [1.807, 2.05) is 43.3 Å². The van der Waals surface area contributed by atoms with Crippen molar-refractivity contribution in [3.8, 4) is 11.1 Å². The van der Waals surface area contributed by atoms with Gasteiger partial charge in [0.2, 0.25) is 5.91 Å². The van der Waals surface area contributed by atoms with E-state index in [0.29, 0.717) is 12.1 Å². The number of carboxylic acid groups (broad SMARTS) is 1. The van der Waals surface area contributed by atoms with Crippen LogP contribution in [-0.2, 0) is 20.9 Å². The van der Waals surface area contributed by atoms with Crippen molar-refractivity contribution in [2.75, 3.05) is 11.9 Å². The molecular weight excluding hydrogens is 448 g/mol. The summed E-state index contributed by atoms with van der Waals surface area (Å²) in [6.45, 7) is 1.84. The number of nitrogens with zero attached hydrogens (tertiary/aromatic N) is 2. The van der Waals surface area contributed by atoms with Crippen LogP contribution in [0.1, 0.15) is 43.2 Å². The monoisotopic (exact) mass is 476 g/mol. The molecule has 9 heteroatoms. The molecule has 0 saturated heterocycles. The molecular formula is C26H28N4O5. The average molecular weight is 477 g/mol. The standard InChI is InChI=1S/C26H28N4O5/c1-2-3-12-23(25(33)28-17-13-27-30(14-17)15-24(31)32)29-26(34)35-16-22-20-10-6-4-8-18(20)19-9-5-7-11-21(19)22/h4-11,13-14,22-23H,2-3,12,15-16H2,1H3,(H,28,33)(H,29,34)(H,31,32)/t23-/m0/s1. The largest absolute Gasteiger partial charge is 0.480 e. The summed E-state index contributed by atoms with van der Waals surface area (Å²) >= 11 is 0. The molecule has 2 amide bonds. The van der Waals surface area contributed by atoms with Crippen LogP contribution in [-0.4, -0.2) is 45.5 Å². The summed E-state index contributed by atoms with van der Waals surface area (Å²) in [4.78, 5) is 36.4. The molecule has 182 valence electrons. The Balaban J connectivity index is 1.38. The Morgan fingerprint density at radius 1 is 1.09 bits per heavy atom. The van der Waals surface area contributed by atoms with Gasteiger partial charge in [0, 0.05) is 12.1 Å². The normalized spacial score (nSPS) is 12.9. The molecule has 0 bridgehead atoms. The first-order valence-corrected chi connectivity index (χ1v) is 11.6. The highest BCUT2D eigenvalue weighted by molar-refractivity contribution is 5.96. The zero-order valence-electron chi connectivity index (χ0n) is 19.4. The van der Waals surface area contributed by atoms with Gasteiger partial charge in [-0.05, 0) is 28.7 Å². The van der Waals surface area contributed by atoms with Gasteiger partial charge in [-0.25, -0.2) is 4.79 Å². The van der Waals surface area contributed by atoms with Gasteiger partial charge in [0.15, 0.2) is 0 Å². The first-order chi connectivity index (χ1) is 17.0. The van der Waals surface area contributed by atoms with Gasteiger partial charge in [-0.2, -0.15) is 5.10 Å². The third kappa shape index (κ3) is 5.68. The third-order valence-corrected chi connectivity index (χ3v) is 6.00. The molecule has 1 atom stereocenters. The van der Waals surface area contributed by atoms with E-state index >= 15 is 0 Å². The summed E-state index contributed by atoms with van der Waals surface area (Å²) in [5.74, 6) is -1.53. The topological polar surface area (TPSA) is 123 Å². The Morgan fingerprint density at radius 3 is 2.37 bits per heavy atom. The van der Waals surface area contributed by atoms with E-state index in [9.17, 15) is 14.4 Å². The van der Waals surface area contributed by atoms with Crippen molar-refractivity contribution in [1.82, 2.24) is 15.1 Å². The zero-order chi connectivity index (χ0) is 24.8. The number of hydrogen-bond donors (Lipinski definition) is 3. The molecule has 3 N–H and O–H groups in total. The highest BCUT2D eigenvalue weighted by Gasteiger charge is 2.29. The molecule has 4 rings (SSSR count). The Bertz CT molecular complexity index is 1180. The Kier molecular flexibility index (Phi) is 7.45. The van der Waals surface area contributed by atoms with E-state index in [-0.39, 0.29) is 19.1 Å². The average Bonchev–Trinajstić information content (AvgIpc) is 3.41. The number of benzene rings is 2. The predicted octanol–water partition coefficient (Wildman–Crippen LogP) is 4.00. The number of alkyl carbamates (subject to hydrolysis) is 1. The van der Waals surface area contributed by atoms with Crippen molar-refractivity contribution in [2.45, 2.75) is 44.7 Å². The Labute approximate surface area is 203 Å². The van der Waals surface area contributed by atoms with Crippen LogP contribution in [0.4, 0.5) is 10.5 Å². The molecule has 0 radical (unpaired) electrons. The van der Waals surface area contributed by atoms with Gasteiger partial charge in [0.05, 0.1) is 11.9 Å². The third-order valence-electron chi connectivity index (χ3n) is 6.00. The molecule has 0 saturated carbocycles. The van der Waals surface area contributed by atoms with Crippen molar-refractivity contribution in [2.24, 2.45) is 0 Å². The molecule has 0 aliphatic heterocycles. The second-order valence-electron chi connectivity index (χ2n) is 8.47. The first-order valence-electron chi connectivity index (χ1n) is 11.6. The fourth-order valence-corrected chi connectivity index (χ4v) is 4.34. The molecule has 0 fully saturated rings. The van der Waals surface area contributed by atoms with Crippen molar-refractivity contribution >= 4 is 23.7 Å². The highest BCUT2D eigenvalue weighted by atomic mass is 16.5. The fraction of sp³-hybridized carbons (Fsp3) is 0.308. The number of anilines is 1. The summed E-state index contributed by atoms with van der Waals surface area (Å²) in [5, 5.41) is 18.2. The molecule has 1 aromatic heterocycles. The van der Waals surface area contributed by atoms with Crippen LogP contribution in [0.3, 0.4) is 0 Å². The number of hydrogen-bond acceptors (Lipinski definition) is 5. The van der Waals surface area contributed by atoms with Gasteiger partial charge in [-0.15, -0.1) is 0 Å². The molecule has 1 aliphatic rings. The summed E-state index contributed by atoms with van der Waals surface area (Å²) in [5.41, 5.74) is 4.86. The summed E-state index contributed by atoms with van der Waals surface area (Å²) in [7, 11) is 0. The molecule has 0 unspecified atom stereocenters. The quantitative estimate of drug-likeness (QED) is 0.406. The van der Waals surface area contributed by atoms with Crippen molar-refractivity contribution in [1.29, 1.82) is 0 Å². The molecule has 35 heavy (non-hydrogen) atoms. The van der Waals surface area contributed by atoms with Crippen molar-refractivity contribution in [3.05, 3.63) is 72.1 Å². The smallest absolute Gasteiger partial charge is 0.407 e. The van der Waals surface area contributed by atoms with E-state index in [0.717, 1.165) is 35.1 Å². The maximum Gasteiger partial charge on any atom is 0.407 e. The van der Waals surface area contributed by atoms with Gasteiger partial charge in [0.1, 0.15) is 19.2 Å². The maximum absolute atomic E-state index is 12.8. The van der Waals surface area contributed by atoms with Crippen LogP contribution in [0.5, 0.6) is 0 Å². The predicted molar refractivity (Wildman–Crippen MR) is 130 cm³/mol. The molecule has 0 spiro atoms. The second-order valence-corrected chi connectivity index (χ2v) is 8.47. The number of fused-ring (bicyclic) bond motifs is 3. The highest BCUT2D eigenvalue weighted by Crippen LogP contribution is 2.44. The number of aliphatic carboxylic acids is 1. The Hall–Kier alpha value is -4.14. The number of aromatic nitrogens is 2. The lowest BCUT2D eigenvalue weighted by molar-refractivity contribution is -0.137. The number of rotatable bonds is 10. The molecule has 1 heterocycles. The lowest BCUT2D eigenvalue weighted by atomic mass is 9.98. The van der Waals surface area contributed by atoms with Gasteiger partial charge in [0.25, 0.3) is 0 Å². The van der Waals surface area contributed by atoms with Crippen LogP contribution in [0.25, 0.3) is 11.1 Å². The van der Waals surface area contributed by atoms with Gasteiger partial charge < -0.3 is 20.5 Å². The van der Waals surface area contributed by atoms with Crippen LogP contribution in [0, 0.1) is 0 Å². The molecule has 2 aromatic carbocycles. The molecule has 3 aromatic rings. The first kappa shape index (κ1) is 24.0. The summed E-state index contributed by atoms with van der Waals surface area (Å²) < 4.78 is 6.79. The van der Waals surface area contributed by atoms with Crippen LogP contribution < -0.4 is 10.6 Å². The van der Waals surface area contributed by atoms with E-state index in [4.69, 9.17) is 9.84 Å². The molecule has 9 nitrogen and oxygen atoms in total. The van der Waals surface area contributed by atoms with E-state index in [1.54, 1.807) is 0 Å². The van der Waals surface area contributed by atoms with Crippen molar-refractivity contribution in [3.63, 3.8) is 0 Å². The minimum absolute atomic E-state index is 0.0730. The lowest BCUT2D eigenvalue weighted by Crippen LogP contribution is -2.44. The number of unbranched alkanes of at least 4 members (excludes halogenated alkanes) is 1. The maximum atomic E-state index is 12.8. The number of carboxylic acids is 1. The lowest BCUT2D eigenvalue weighted by Gasteiger charge is -2.19. The number of amides is 2. The molecule has 1 aliphatic carbocycles. The Morgan fingerprint density at radius 2 is 1.74 bits per heavy atom. The van der Waals surface area contributed by atoms with Gasteiger partial charge >= 0.3 is 12.1 Å². The van der Waals surface area contributed by atoms with Gasteiger partial charge in [-0.1, -0.05) is 68.3 Å². The van der Waals surface area contributed by atoms with Crippen LogP contribution >= 0.6 is 0 Å². The second kappa shape index (κ2) is 10.9. The minimum Gasteiger partial charge on any atom is -0.480 e. The number of carbonyl (C=O) groups is 3.